The van der Waals surface area contributed by atoms with Gasteiger partial charge in [-0.05, 0) is 85.3 Å². The van der Waals surface area contributed by atoms with Crippen LogP contribution in [0.15, 0.2) is 97.1 Å². The van der Waals surface area contributed by atoms with Crippen molar-refractivity contribution in [2.24, 2.45) is 0 Å². The molecule has 0 aliphatic rings. The zero-order valence-electron chi connectivity index (χ0n) is 19.2. The zero-order chi connectivity index (χ0) is 24.8. The Morgan fingerprint density at radius 1 is 0.771 bits per heavy atom. The van der Waals surface area contributed by atoms with Crippen LogP contribution in [0, 0.1) is 5.82 Å². The SMILES string of the molecule is CCCN(c1ccc(C(=O)O)cc1)c1ccc(C(=O)c2cccc(Nc3cccc(F)c3)c2)cc1. The van der Waals surface area contributed by atoms with E-state index < -0.39 is 5.97 Å². The molecule has 0 saturated carbocycles. The Hall–Kier alpha value is -4.45. The van der Waals surface area contributed by atoms with Crippen molar-refractivity contribution in [3.8, 4) is 0 Å². The van der Waals surface area contributed by atoms with Gasteiger partial charge in [0.15, 0.2) is 5.78 Å². The van der Waals surface area contributed by atoms with Gasteiger partial charge in [0.25, 0.3) is 0 Å². The first-order chi connectivity index (χ1) is 16.9. The maximum Gasteiger partial charge on any atom is 0.335 e. The second kappa shape index (κ2) is 10.7. The molecule has 0 spiro atoms. The maximum atomic E-state index is 13.5. The molecule has 4 aromatic carbocycles. The summed E-state index contributed by atoms with van der Waals surface area (Å²) in [5, 5.41) is 12.3. The fourth-order valence-electron chi connectivity index (χ4n) is 3.85. The lowest BCUT2D eigenvalue weighted by molar-refractivity contribution is 0.0696. The smallest absolute Gasteiger partial charge is 0.335 e. The van der Waals surface area contributed by atoms with Gasteiger partial charge in [0.05, 0.1) is 5.56 Å². The van der Waals surface area contributed by atoms with Crippen LogP contribution in [-0.2, 0) is 0 Å². The fraction of sp³-hybridized carbons (Fsp3) is 0.103. The Bertz CT molecular complexity index is 1330. The molecule has 0 bridgehead atoms. The number of anilines is 4. The van der Waals surface area contributed by atoms with Crippen LogP contribution in [0.1, 0.15) is 39.6 Å². The summed E-state index contributed by atoms with van der Waals surface area (Å²) in [4.78, 5) is 26.4. The molecule has 0 amide bonds. The Morgan fingerprint density at radius 3 is 1.91 bits per heavy atom. The minimum absolute atomic E-state index is 0.118. The van der Waals surface area contributed by atoms with Crippen molar-refractivity contribution >= 4 is 34.5 Å². The minimum Gasteiger partial charge on any atom is -0.478 e. The van der Waals surface area contributed by atoms with Crippen LogP contribution in [0.25, 0.3) is 0 Å². The van der Waals surface area contributed by atoms with E-state index in [1.807, 2.05) is 18.2 Å². The van der Waals surface area contributed by atoms with E-state index in [1.165, 1.54) is 12.1 Å². The second-order valence-corrected chi connectivity index (χ2v) is 8.10. The van der Waals surface area contributed by atoms with Crippen molar-refractivity contribution in [2.45, 2.75) is 13.3 Å². The van der Waals surface area contributed by atoms with Gasteiger partial charge in [0.1, 0.15) is 5.82 Å². The average molecular weight is 469 g/mol. The third kappa shape index (κ3) is 5.73. The normalized spacial score (nSPS) is 10.6. The summed E-state index contributed by atoms with van der Waals surface area (Å²) in [6, 6.07) is 27.4. The largest absolute Gasteiger partial charge is 0.478 e. The Kier molecular flexibility index (Phi) is 7.21. The lowest BCUT2D eigenvalue weighted by Crippen LogP contribution is -2.18. The van der Waals surface area contributed by atoms with Crippen LogP contribution >= 0.6 is 0 Å². The number of carbonyl (C=O) groups is 2. The van der Waals surface area contributed by atoms with Crippen molar-refractivity contribution in [2.75, 3.05) is 16.8 Å². The van der Waals surface area contributed by atoms with Gasteiger partial charge < -0.3 is 15.3 Å². The molecule has 0 radical (unpaired) electrons. The number of nitrogens with one attached hydrogen (secondary N) is 1. The predicted octanol–water partition coefficient (Wildman–Crippen LogP) is 7.05. The highest BCUT2D eigenvalue weighted by Gasteiger charge is 2.13. The molecule has 0 unspecified atom stereocenters. The number of rotatable bonds is 9. The molecule has 6 heteroatoms. The van der Waals surface area contributed by atoms with Gasteiger partial charge in [0.2, 0.25) is 0 Å². The van der Waals surface area contributed by atoms with Gasteiger partial charge in [-0.25, -0.2) is 9.18 Å². The summed E-state index contributed by atoms with van der Waals surface area (Å²) in [6.45, 7) is 2.81. The standard InChI is InChI=1S/C29H25FN2O3/c1-2-17-32(27-15-11-21(12-16-27)29(34)35)26-13-9-20(10-14-26)28(33)22-5-3-7-24(18-22)31-25-8-4-6-23(30)19-25/h3-16,18-19,31H,2,17H2,1H3,(H,34,35). The topological polar surface area (TPSA) is 69.6 Å². The number of carboxylic acids is 1. The van der Waals surface area contributed by atoms with Gasteiger partial charge in [-0.3, -0.25) is 4.79 Å². The maximum absolute atomic E-state index is 13.5. The van der Waals surface area contributed by atoms with Crippen LogP contribution < -0.4 is 10.2 Å². The highest BCUT2D eigenvalue weighted by molar-refractivity contribution is 6.09. The molecule has 0 heterocycles. The number of ketones is 1. The number of carbonyl (C=O) groups excluding carboxylic acids is 1. The summed E-state index contributed by atoms with van der Waals surface area (Å²) in [7, 11) is 0. The highest BCUT2D eigenvalue weighted by Crippen LogP contribution is 2.27. The number of halogens is 1. The molecule has 0 saturated heterocycles. The second-order valence-electron chi connectivity index (χ2n) is 8.10. The summed E-state index contributed by atoms with van der Waals surface area (Å²) in [5.41, 5.74) is 4.40. The van der Waals surface area contributed by atoms with Crippen LogP contribution in [0.3, 0.4) is 0 Å². The summed E-state index contributed by atoms with van der Waals surface area (Å²) < 4.78 is 13.5. The molecule has 2 N–H and O–H groups in total. The van der Waals surface area contributed by atoms with Gasteiger partial charge in [-0.15, -0.1) is 0 Å². The number of hydrogen-bond acceptors (Lipinski definition) is 4. The van der Waals surface area contributed by atoms with E-state index in [0.717, 1.165) is 24.3 Å². The number of hydrogen-bond donors (Lipinski definition) is 2. The molecular formula is C29H25FN2O3. The first kappa shape index (κ1) is 23.7. The van der Waals surface area contributed by atoms with E-state index in [9.17, 15) is 14.0 Å². The molecular weight excluding hydrogens is 443 g/mol. The molecule has 4 rings (SSSR count). The Balaban J connectivity index is 1.53. The molecule has 35 heavy (non-hydrogen) atoms. The monoisotopic (exact) mass is 468 g/mol. The van der Waals surface area contributed by atoms with Crippen molar-refractivity contribution in [3.05, 3.63) is 120 Å². The Labute approximate surface area is 203 Å². The quantitative estimate of drug-likeness (QED) is 0.258. The van der Waals surface area contributed by atoms with Crippen molar-refractivity contribution < 1.29 is 19.1 Å². The van der Waals surface area contributed by atoms with Crippen molar-refractivity contribution in [3.63, 3.8) is 0 Å². The van der Waals surface area contributed by atoms with Crippen LogP contribution in [0.4, 0.5) is 27.1 Å². The molecule has 176 valence electrons. The third-order valence-corrected chi connectivity index (χ3v) is 5.55. The fourth-order valence-corrected chi connectivity index (χ4v) is 3.85. The van der Waals surface area contributed by atoms with E-state index >= 15 is 0 Å². The Morgan fingerprint density at radius 2 is 1.34 bits per heavy atom. The van der Waals surface area contributed by atoms with Gasteiger partial charge >= 0.3 is 5.97 Å². The molecule has 5 nitrogen and oxygen atoms in total. The molecule has 0 aliphatic heterocycles. The number of aromatic carboxylic acids is 1. The van der Waals surface area contributed by atoms with Gasteiger partial charge in [0, 0.05) is 40.4 Å². The van der Waals surface area contributed by atoms with Gasteiger partial charge in [-0.1, -0.05) is 25.1 Å². The summed E-state index contributed by atoms with van der Waals surface area (Å²) in [5.74, 6) is -1.42. The van der Waals surface area contributed by atoms with Gasteiger partial charge in [-0.2, -0.15) is 0 Å². The molecule has 0 aromatic heterocycles. The lowest BCUT2D eigenvalue weighted by Gasteiger charge is -2.25. The number of carboxylic acid groups (broad SMARTS) is 1. The molecule has 0 aliphatic carbocycles. The van der Waals surface area contributed by atoms with E-state index in [2.05, 4.69) is 17.1 Å². The van der Waals surface area contributed by atoms with Crippen LogP contribution in [0.5, 0.6) is 0 Å². The third-order valence-electron chi connectivity index (χ3n) is 5.55. The zero-order valence-corrected chi connectivity index (χ0v) is 19.2. The van der Waals surface area contributed by atoms with E-state index in [4.69, 9.17) is 5.11 Å². The molecule has 0 fully saturated rings. The van der Waals surface area contributed by atoms with E-state index in [1.54, 1.807) is 66.7 Å². The molecule has 0 atom stereocenters. The van der Waals surface area contributed by atoms with Crippen molar-refractivity contribution in [1.29, 1.82) is 0 Å². The predicted molar refractivity (Wildman–Crippen MR) is 137 cm³/mol. The van der Waals surface area contributed by atoms with Crippen molar-refractivity contribution in [1.82, 2.24) is 0 Å². The minimum atomic E-state index is -0.961. The average Bonchev–Trinajstić information content (AvgIpc) is 2.87. The first-order valence-corrected chi connectivity index (χ1v) is 11.3. The van der Waals surface area contributed by atoms with Crippen LogP contribution in [-0.4, -0.2) is 23.4 Å². The summed E-state index contributed by atoms with van der Waals surface area (Å²) >= 11 is 0. The van der Waals surface area contributed by atoms with Crippen LogP contribution in [0.2, 0.25) is 0 Å². The molecule has 4 aromatic rings. The first-order valence-electron chi connectivity index (χ1n) is 11.3. The van der Waals surface area contributed by atoms with E-state index in [0.29, 0.717) is 22.5 Å². The summed E-state index contributed by atoms with van der Waals surface area (Å²) in [6.07, 6.45) is 0.895. The number of nitrogens with zero attached hydrogens (tertiary/aromatic N) is 1. The highest BCUT2D eigenvalue weighted by atomic mass is 19.1. The number of benzene rings is 4. The lowest BCUT2D eigenvalue weighted by atomic mass is 10.0. The van der Waals surface area contributed by atoms with E-state index in [-0.39, 0.29) is 17.2 Å².